The Kier molecular flexibility index (Phi) is 6.52. The lowest BCUT2D eigenvalue weighted by Gasteiger charge is -2.27. The van der Waals surface area contributed by atoms with E-state index in [4.69, 9.17) is 13.8 Å². The van der Waals surface area contributed by atoms with Crippen molar-refractivity contribution >= 4 is 82.4 Å². The standard InChI is InChI=1S/C49H30N2O2/c1-2-12-35-29-36(20-19-31(35)9-1)32-21-24-37(25-22-32)51(43-17-7-13-33-10-3-5-14-39(33)43)38-26-27-41-46(30-38)52-44-18-8-16-42(47(41)44)49-50-48-40-15-6-4-11-34(40)23-28-45(48)53-49/h1-30H. The van der Waals surface area contributed by atoms with Crippen LogP contribution in [0.2, 0.25) is 0 Å². The van der Waals surface area contributed by atoms with Gasteiger partial charge in [0.15, 0.2) is 5.58 Å². The summed E-state index contributed by atoms with van der Waals surface area (Å²) in [5.74, 6) is 0.581. The zero-order valence-corrected chi connectivity index (χ0v) is 28.5. The lowest BCUT2D eigenvalue weighted by molar-refractivity contribution is 0.620. The fourth-order valence-corrected chi connectivity index (χ4v) is 7.91. The Morgan fingerprint density at radius 3 is 1.94 bits per heavy atom. The van der Waals surface area contributed by atoms with Crippen LogP contribution >= 0.6 is 0 Å². The van der Waals surface area contributed by atoms with E-state index in [0.717, 1.165) is 66.4 Å². The van der Waals surface area contributed by atoms with Gasteiger partial charge in [-0.25, -0.2) is 4.98 Å². The first-order valence-electron chi connectivity index (χ1n) is 17.9. The topological polar surface area (TPSA) is 42.4 Å². The zero-order valence-electron chi connectivity index (χ0n) is 28.5. The average Bonchev–Trinajstić information content (AvgIpc) is 3.83. The summed E-state index contributed by atoms with van der Waals surface area (Å²) in [5.41, 5.74) is 9.64. The summed E-state index contributed by atoms with van der Waals surface area (Å²) in [6.45, 7) is 0. The molecule has 9 aromatic carbocycles. The highest BCUT2D eigenvalue weighted by atomic mass is 16.3. The summed E-state index contributed by atoms with van der Waals surface area (Å²) in [6.07, 6.45) is 0. The van der Waals surface area contributed by atoms with Gasteiger partial charge in [0.2, 0.25) is 5.89 Å². The van der Waals surface area contributed by atoms with E-state index in [0.29, 0.717) is 5.89 Å². The second-order valence-corrected chi connectivity index (χ2v) is 13.6. The van der Waals surface area contributed by atoms with Crippen LogP contribution in [-0.4, -0.2) is 4.98 Å². The molecule has 0 bridgehead atoms. The minimum absolute atomic E-state index is 0.581. The first-order chi connectivity index (χ1) is 26.2. The quantitative estimate of drug-likeness (QED) is 0.182. The molecule has 4 nitrogen and oxygen atoms in total. The van der Waals surface area contributed by atoms with Gasteiger partial charge in [-0.1, -0.05) is 121 Å². The number of benzene rings is 9. The van der Waals surface area contributed by atoms with Gasteiger partial charge >= 0.3 is 0 Å². The smallest absolute Gasteiger partial charge is 0.228 e. The van der Waals surface area contributed by atoms with E-state index in [2.05, 4.69) is 157 Å². The van der Waals surface area contributed by atoms with Gasteiger partial charge in [-0.3, -0.25) is 0 Å². The van der Waals surface area contributed by atoms with Gasteiger partial charge in [0, 0.05) is 44.5 Å². The summed E-state index contributed by atoms with van der Waals surface area (Å²) in [7, 11) is 0. The Labute approximate surface area is 304 Å². The SMILES string of the molecule is c1ccc2cc(-c3ccc(N(c4ccc5c(c4)oc4cccc(-c6nc7c(ccc8ccccc87)o6)c45)c4cccc5ccccc45)cc3)ccc2c1. The van der Waals surface area contributed by atoms with Gasteiger partial charge in [-0.15, -0.1) is 0 Å². The lowest BCUT2D eigenvalue weighted by Crippen LogP contribution is -2.10. The minimum atomic E-state index is 0.581. The highest BCUT2D eigenvalue weighted by Gasteiger charge is 2.21. The van der Waals surface area contributed by atoms with Crippen molar-refractivity contribution in [1.82, 2.24) is 4.98 Å². The molecule has 2 aromatic heterocycles. The molecule has 53 heavy (non-hydrogen) atoms. The van der Waals surface area contributed by atoms with Crippen molar-refractivity contribution in [2.24, 2.45) is 0 Å². The molecule has 0 spiro atoms. The van der Waals surface area contributed by atoms with Crippen LogP contribution in [0, 0.1) is 0 Å². The average molecular weight is 679 g/mol. The van der Waals surface area contributed by atoms with Crippen molar-refractivity contribution < 1.29 is 8.83 Å². The molecule has 0 saturated heterocycles. The molecule has 0 fully saturated rings. The number of anilines is 3. The molecule has 0 unspecified atom stereocenters. The monoisotopic (exact) mass is 678 g/mol. The van der Waals surface area contributed by atoms with Crippen LogP contribution in [0.25, 0.3) is 87.9 Å². The molecule has 0 aliphatic carbocycles. The second-order valence-electron chi connectivity index (χ2n) is 13.6. The molecule has 0 radical (unpaired) electrons. The highest BCUT2D eigenvalue weighted by Crippen LogP contribution is 2.44. The molecule has 0 amide bonds. The van der Waals surface area contributed by atoms with Crippen LogP contribution < -0.4 is 4.90 Å². The normalized spacial score (nSPS) is 11.8. The Morgan fingerprint density at radius 2 is 1.08 bits per heavy atom. The van der Waals surface area contributed by atoms with Crippen molar-refractivity contribution in [2.75, 3.05) is 4.90 Å². The maximum absolute atomic E-state index is 6.62. The summed E-state index contributed by atoms with van der Waals surface area (Å²) < 4.78 is 13.0. The van der Waals surface area contributed by atoms with Crippen LogP contribution in [0.1, 0.15) is 0 Å². The number of hydrogen-bond donors (Lipinski definition) is 0. The summed E-state index contributed by atoms with van der Waals surface area (Å²) in [6, 6.07) is 64.0. The summed E-state index contributed by atoms with van der Waals surface area (Å²) >= 11 is 0. The lowest BCUT2D eigenvalue weighted by atomic mass is 10.0. The first kappa shape index (κ1) is 29.5. The predicted octanol–water partition coefficient (Wildman–Crippen LogP) is 14.0. The van der Waals surface area contributed by atoms with E-state index in [-0.39, 0.29) is 0 Å². The molecular weight excluding hydrogens is 649 g/mol. The van der Waals surface area contributed by atoms with Crippen molar-refractivity contribution in [3.8, 4) is 22.6 Å². The fraction of sp³-hybridized carbons (Fsp3) is 0. The molecule has 2 heterocycles. The van der Waals surface area contributed by atoms with Gasteiger partial charge in [0.05, 0.1) is 5.69 Å². The van der Waals surface area contributed by atoms with E-state index in [9.17, 15) is 0 Å². The highest BCUT2D eigenvalue weighted by molar-refractivity contribution is 6.13. The van der Waals surface area contributed by atoms with Gasteiger partial charge in [0.1, 0.15) is 16.7 Å². The van der Waals surface area contributed by atoms with E-state index in [1.54, 1.807) is 0 Å². The van der Waals surface area contributed by atoms with Crippen LogP contribution in [0.5, 0.6) is 0 Å². The number of nitrogens with zero attached hydrogens (tertiary/aromatic N) is 2. The first-order valence-corrected chi connectivity index (χ1v) is 17.9. The molecule has 0 N–H and O–H groups in total. The third-order valence-electron chi connectivity index (χ3n) is 10.5. The third kappa shape index (κ3) is 4.80. The van der Waals surface area contributed by atoms with Crippen LogP contribution in [0.3, 0.4) is 0 Å². The molecule has 0 saturated carbocycles. The van der Waals surface area contributed by atoms with Crippen molar-refractivity contribution in [2.45, 2.75) is 0 Å². The van der Waals surface area contributed by atoms with Crippen molar-refractivity contribution in [3.63, 3.8) is 0 Å². The van der Waals surface area contributed by atoms with E-state index in [1.165, 1.54) is 32.7 Å². The molecule has 0 atom stereocenters. The summed E-state index contributed by atoms with van der Waals surface area (Å²) in [5, 5.41) is 9.04. The predicted molar refractivity (Wildman–Crippen MR) is 219 cm³/mol. The number of rotatable bonds is 5. The largest absolute Gasteiger partial charge is 0.456 e. The molecule has 0 aliphatic heterocycles. The van der Waals surface area contributed by atoms with Gasteiger partial charge in [-0.05, 0) is 87.3 Å². The molecule has 0 aliphatic rings. The van der Waals surface area contributed by atoms with Crippen LogP contribution in [-0.2, 0) is 0 Å². The van der Waals surface area contributed by atoms with Crippen molar-refractivity contribution in [3.05, 3.63) is 182 Å². The maximum Gasteiger partial charge on any atom is 0.228 e. The summed E-state index contributed by atoms with van der Waals surface area (Å²) in [4.78, 5) is 7.35. The molecular formula is C49H30N2O2. The Bertz CT molecular complexity index is 3180. The van der Waals surface area contributed by atoms with Crippen LogP contribution in [0.15, 0.2) is 191 Å². The number of fused-ring (bicyclic) bond motifs is 8. The van der Waals surface area contributed by atoms with E-state index in [1.807, 2.05) is 30.3 Å². The maximum atomic E-state index is 6.62. The van der Waals surface area contributed by atoms with Crippen LogP contribution in [0.4, 0.5) is 17.1 Å². The fourth-order valence-electron chi connectivity index (χ4n) is 7.91. The Balaban J connectivity index is 1.06. The van der Waals surface area contributed by atoms with E-state index < -0.39 is 0 Å². The second kappa shape index (κ2) is 11.7. The number of furan rings is 1. The van der Waals surface area contributed by atoms with Gasteiger partial charge in [-0.2, -0.15) is 0 Å². The number of oxazole rings is 1. The van der Waals surface area contributed by atoms with Gasteiger partial charge < -0.3 is 13.7 Å². The van der Waals surface area contributed by atoms with Gasteiger partial charge in [0.25, 0.3) is 0 Å². The van der Waals surface area contributed by atoms with E-state index >= 15 is 0 Å². The zero-order chi connectivity index (χ0) is 34.9. The number of hydrogen-bond acceptors (Lipinski definition) is 4. The van der Waals surface area contributed by atoms with Crippen molar-refractivity contribution in [1.29, 1.82) is 0 Å². The Morgan fingerprint density at radius 1 is 0.396 bits per heavy atom. The minimum Gasteiger partial charge on any atom is -0.456 e. The Hall–Kier alpha value is -7.17. The molecule has 11 rings (SSSR count). The molecule has 11 aromatic rings. The number of aromatic nitrogens is 1. The molecule has 248 valence electrons. The third-order valence-corrected chi connectivity index (χ3v) is 10.5. The molecule has 4 heteroatoms.